The largest absolute Gasteiger partial charge is 0.311 e. The highest BCUT2D eigenvalue weighted by Crippen LogP contribution is 2.20. The summed E-state index contributed by atoms with van der Waals surface area (Å²) in [5.74, 6) is 0.304. The summed E-state index contributed by atoms with van der Waals surface area (Å²) in [7, 11) is 0. The van der Waals surface area contributed by atoms with Gasteiger partial charge >= 0.3 is 0 Å². The van der Waals surface area contributed by atoms with E-state index in [1.54, 1.807) is 6.92 Å². The smallest absolute Gasteiger partial charge is 0.131 e. The lowest BCUT2D eigenvalue weighted by atomic mass is 9.97. The number of ketones is 1. The first-order chi connectivity index (χ1) is 6.75. The SMILES string of the molecule is CC(=O)CC1CN2CCCCC2CN1. The molecule has 2 fully saturated rings. The van der Waals surface area contributed by atoms with E-state index in [1.807, 2.05) is 0 Å². The summed E-state index contributed by atoms with van der Waals surface area (Å²) in [6, 6.07) is 1.15. The number of carbonyl (C=O) groups excluding carboxylic acids is 1. The molecule has 0 aromatic carbocycles. The number of rotatable bonds is 2. The van der Waals surface area contributed by atoms with Crippen molar-refractivity contribution in [3.05, 3.63) is 0 Å². The summed E-state index contributed by atoms with van der Waals surface area (Å²) in [6.07, 6.45) is 4.74. The minimum Gasteiger partial charge on any atom is -0.311 e. The Morgan fingerprint density at radius 2 is 2.36 bits per heavy atom. The summed E-state index contributed by atoms with van der Waals surface area (Å²) in [4.78, 5) is 13.6. The molecule has 80 valence electrons. The molecule has 2 aliphatic rings. The normalized spacial score (nSPS) is 33.8. The number of nitrogens with zero attached hydrogens (tertiary/aromatic N) is 1. The van der Waals surface area contributed by atoms with E-state index in [4.69, 9.17) is 0 Å². The van der Waals surface area contributed by atoms with Gasteiger partial charge in [0.25, 0.3) is 0 Å². The number of hydrogen-bond acceptors (Lipinski definition) is 3. The summed E-state index contributed by atoms with van der Waals surface area (Å²) >= 11 is 0. The molecule has 2 heterocycles. The Kier molecular flexibility index (Phi) is 3.19. The van der Waals surface area contributed by atoms with E-state index in [-0.39, 0.29) is 0 Å². The van der Waals surface area contributed by atoms with Gasteiger partial charge in [0.2, 0.25) is 0 Å². The van der Waals surface area contributed by atoms with Crippen LogP contribution < -0.4 is 5.32 Å². The van der Waals surface area contributed by atoms with Gasteiger partial charge in [0.05, 0.1) is 0 Å². The first kappa shape index (κ1) is 10.1. The molecule has 2 unspecified atom stereocenters. The molecule has 1 N–H and O–H groups in total. The van der Waals surface area contributed by atoms with E-state index >= 15 is 0 Å². The van der Waals surface area contributed by atoms with E-state index in [0.29, 0.717) is 18.2 Å². The van der Waals surface area contributed by atoms with Crippen LogP contribution in [0.15, 0.2) is 0 Å². The quantitative estimate of drug-likeness (QED) is 0.709. The van der Waals surface area contributed by atoms with Crippen LogP contribution in [0.1, 0.15) is 32.6 Å². The predicted molar refractivity (Wildman–Crippen MR) is 56.3 cm³/mol. The van der Waals surface area contributed by atoms with E-state index in [1.165, 1.54) is 25.8 Å². The monoisotopic (exact) mass is 196 g/mol. The highest BCUT2D eigenvalue weighted by Gasteiger charge is 2.29. The first-order valence-corrected chi connectivity index (χ1v) is 5.72. The molecular weight excluding hydrogens is 176 g/mol. The van der Waals surface area contributed by atoms with Gasteiger partial charge in [0.1, 0.15) is 5.78 Å². The zero-order chi connectivity index (χ0) is 9.97. The topological polar surface area (TPSA) is 32.3 Å². The van der Waals surface area contributed by atoms with Gasteiger partial charge in [0.15, 0.2) is 0 Å². The lowest BCUT2D eigenvalue weighted by Gasteiger charge is -2.43. The molecule has 0 saturated carbocycles. The van der Waals surface area contributed by atoms with E-state index in [9.17, 15) is 4.79 Å². The molecule has 3 nitrogen and oxygen atoms in total. The molecule has 14 heavy (non-hydrogen) atoms. The Morgan fingerprint density at radius 3 is 3.14 bits per heavy atom. The maximum absolute atomic E-state index is 11.0. The first-order valence-electron chi connectivity index (χ1n) is 5.72. The van der Waals surface area contributed by atoms with Crippen molar-refractivity contribution in [3.8, 4) is 0 Å². The molecule has 0 bridgehead atoms. The van der Waals surface area contributed by atoms with Crippen LogP contribution in [0.5, 0.6) is 0 Å². The predicted octanol–water partition coefficient (Wildman–Crippen LogP) is 0.792. The highest BCUT2D eigenvalue weighted by atomic mass is 16.1. The molecule has 0 aliphatic carbocycles. The van der Waals surface area contributed by atoms with Crippen LogP contribution in [-0.4, -0.2) is 42.4 Å². The van der Waals surface area contributed by atoms with Crippen molar-refractivity contribution in [1.29, 1.82) is 0 Å². The van der Waals surface area contributed by atoms with Crippen LogP contribution in [0, 0.1) is 0 Å². The highest BCUT2D eigenvalue weighted by molar-refractivity contribution is 5.76. The van der Waals surface area contributed by atoms with Crippen molar-refractivity contribution >= 4 is 5.78 Å². The van der Waals surface area contributed by atoms with Crippen molar-refractivity contribution in [2.45, 2.75) is 44.7 Å². The fraction of sp³-hybridized carbons (Fsp3) is 0.909. The Balaban J connectivity index is 1.86. The van der Waals surface area contributed by atoms with Crippen LogP contribution in [-0.2, 0) is 4.79 Å². The molecule has 2 saturated heterocycles. The lowest BCUT2D eigenvalue weighted by molar-refractivity contribution is -0.117. The molecule has 2 atom stereocenters. The Morgan fingerprint density at radius 1 is 1.50 bits per heavy atom. The Labute approximate surface area is 85.8 Å². The van der Waals surface area contributed by atoms with Gasteiger partial charge in [-0.15, -0.1) is 0 Å². The summed E-state index contributed by atoms with van der Waals surface area (Å²) < 4.78 is 0. The molecule has 2 rings (SSSR count). The maximum Gasteiger partial charge on any atom is 0.131 e. The second-order valence-corrected chi connectivity index (χ2v) is 4.66. The van der Waals surface area contributed by atoms with Gasteiger partial charge in [-0.1, -0.05) is 6.42 Å². The number of piperazine rings is 1. The minimum absolute atomic E-state index is 0.304. The minimum atomic E-state index is 0.304. The molecule has 0 radical (unpaired) electrons. The molecule has 0 amide bonds. The van der Waals surface area contributed by atoms with Crippen molar-refractivity contribution in [2.75, 3.05) is 19.6 Å². The standard InChI is InChI=1S/C11H20N2O/c1-9(14)6-10-8-13-5-3-2-4-11(13)7-12-10/h10-12H,2-8H2,1H3. The second kappa shape index (κ2) is 4.41. The average Bonchev–Trinajstić information content (AvgIpc) is 2.17. The number of piperidine rings is 1. The zero-order valence-corrected chi connectivity index (χ0v) is 8.96. The number of Topliss-reactive ketones (excluding diaryl/α,β-unsaturated/α-hetero) is 1. The summed E-state index contributed by atoms with van der Waals surface area (Å²) in [5.41, 5.74) is 0. The molecular formula is C11H20N2O. The van der Waals surface area contributed by atoms with Crippen LogP contribution in [0.3, 0.4) is 0 Å². The maximum atomic E-state index is 11.0. The number of fused-ring (bicyclic) bond motifs is 1. The van der Waals surface area contributed by atoms with E-state index < -0.39 is 0 Å². The van der Waals surface area contributed by atoms with Gasteiger partial charge in [-0.05, 0) is 26.3 Å². The van der Waals surface area contributed by atoms with Crippen molar-refractivity contribution in [2.24, 2.45) is 0 Å². The van der Waals surface area contributed by atoms with Crippen molar-refractivity contribution < 1.29 is 4.79 Å². The van der Waals surface area contributed by atoms with Gasteiger partial charge < -0.3 is 5.32 Å². The zero-order valence-electron chi connectivity index (χ0n) is 8.96. The van der Waals surface area contributed by atoms with E-state index in [2.05, 4.69) is 10.2 Å². The van der Waals surface area contributed by atoms with Crippen LogP contribution >= 0.6 is 0 Å². The third-order valence-corrected chi connectivity index (χ3v) is 3.38. The van der Waals surface area contributed by atoms with Crippen molar-refractivity contribution in [3.63, 3.8) is 0 Å². The third-order valence-electron chi connectivity index (χ3n) is 3.38. The number of nitrogens with one attached hydrogen (secondary N) is 1. The third kappa shape index (κ3) is 2.34. The molecule has 2 aliphatic heterocycles. The lowest BCUT2D eigenvalue weighted by Crippen LogP contribution is -2.58. The van der Waals surface area contributed by atoms with Gasteiger partial charge in [0, 0.05) is 31.6 Å². The van der Waals surface area contributed by atoms with Gasteiger partial charge in [-0.2, -0.15) is 0 Å². The van der Waals surface area contributed by atoms with Crippen LogP contribution in [0.25, 0.3) is 0 Å². The Hall–Kier alpha value is -0.410. The summed E-state index contributed by atoms with van der Waals surface area (Å²) in [6.45, 7) is 5.08. The molecule has 0 aromatic heterocycles. The van der Waals surface area contributed by atoms with Crippen molar-refractivity contribution in [1.82, 2.24) is 10.2 Å². The van der Waals surface area contributed by atoms with Gasteiger partial charge in [-0.3, -0.25) is 9.69 Å². The van der Waals surface area contributed by atoms with Gasteiger partial charge in [-0.25, -0.2) is 0 Å². The number of carbonyl (C=O) groups is 1. The number of hydrogen-bond donors (Lipinski definition) is 1. The molecule has 0 spiro atoms. The molecule has 3 heteroatoms. The fourth-order valence-electron chi connectivity index (χ4n) is 2.67. The average molecular weight is 196 g/mol. The van der Waals surface area contributed by atoms with E-state index in [0.717, 1.165) is 19.1 Å². The van der Waals surface area contributed by atoms with Crippen LogP contribution in [0.4, 0.5) is 0 Å². The summed E-state index contributed by atoms with van der Waals surface area (Å²) in [5, 5.41) is 3.49. The van der Waals surface area contributed by atoms with Crippen LogP contribution in [0.2, 0.25) is 0 Å². The molecule has 0 aromatic rings. The second-order valence-electron chi connectivity index (χ2n) is 4.66. The Bertz CT molecular complexity index is 217. The fourth-order valence-corrected chi connectivity index (χ4v) is 2.67.